The highest BCUT2D eigenvalue weighted by atomic mass is 35.5. The first kappa shape index (κ1) is 18.6. The number of alkyl halides is 1. The summed E-state index contributed by atoms with van der Waals surface area (Å²) in [7, 11) is 0. The lowest BCUT2D eigenvalue weighted by molar-refractivity contribution is 0.584. The van der Waals surface area contributed by atoms with Crippen LogP contribution in [0.5, 0.6) is 0 Å². The Bertz CT molecular complexity index is 1100. The molecule has 0 fully saturated rings. The van der Waals surface area contributed by atoms with Crippen molar-refractivity contribution in [2.45, 2.75) is 11.3 Å². The molecule has 4 heteroatoms. The Morgan fingerprint density at radius 2 is 1.25 bits per heavy atom. The molecule has 1 aliphatic carbocycles. The molecule has 1 aliphatic rings. The maximum atomic E-state index is 14.8. The van der Waals surface area contributed by atoms with E-state index in [0.29, 0.717) is 11.1 Å². The maximum absolute atomic E-state index is 14.8. The lowest BCUT2D eigenvalue weighted by Gasteiger charge is -2.34. The van der Waals surface area contributed by atoms with Crippen LogP contribution in [0.25, 0.3) is 11.1 Å². The zero-order valence-electron chi connectivity index (χ0n) is 14.7. The first-order valence-electron chi connectivity index (χ1n) is 8.77. The SMILES string of the molecule is Fc1ccccc1C1=C(c2ccccc2F)C(Cl)(c2ccccc2F)C[C]=C1. The van der Waals surface area contributed by atoms with Crippen LogP contribution in [0, 0.1) is 23.5 Å². The van der Waals surface area contributed by atoms with E-state index in [1.165, 1.54) is 18.2 Å². The van der Waals surface area contributed by atoms with E-state index in [1.807, 2.05) is 0 Å². The number of allylic oxidation sites excluding steroid dienone is 4. The Kier molecular flexibility index (Phi) is 4.86. The standard InChI is InChI=1S/C24H15ClF3/c25-24(19-11-3-6-14-22(19)28)15-7-10-17(16-8-1-4-12-20(16)26)23(24)18-9-2-5-13-21(18)27/h1-6,8-14H,15H2. The van der Waals surface area contributed by atoms with Gasteiger partial charge in [0, 0.05) is 23.1 Å². The number of halogens is 4. The Balaban J connectivity index is 2.09. The van der Waals surface area contributed by atoms with Crippen LogP contribution < -0.4 is 0 Å². The summed E-state index contributed by atoms with van der Waals surface area (Å²) in [6, 6.07) is 18.4. The molecule has 0 spiro atoms. The second-order valence-electron chi connectivity index (χ2n) is 6.55. The summed E-state index contributed by atoms with van der Waals surface area (Å²) in [5.41, 5.74) is 1.37. The molecule has 0 saturated carbocycles. The largest absolute Gasteiger partial charge is 0.207 e. The highest BCUT2D eigenvalue weighted by Crippen LogP contribution is 2.52. The lowest BCUT2D eigenvalue weighted by atomic mass is 9.76. The monoisotopic (exact) mass is 395 g/mol. The van der Waals surface area contributed by atoms with Crippen LogP contribution in [-0.2, 0) is 4.87 Å². The predicted octanol–water partition coefficient (Wildman–Crippen LogP) is 6.91. The van der Waals surface area contributed by atoms with Crippen molar-refractivity contribution >= 4 is 22.7 Å². The van der Waals surface area contributed by atoms with Crippen LogP contribution in [-0.4, -0.2) is 0 Å². The number of hydrogen-bond acceptors (Lipinski definition) is 0. The van der Waals surface area contributed by atoms with Gasteiger partial charge in [-0.25, -0.2) is 13.2 Å². The average Bonchev–Trinajstić information content (AvgIpc) is 2.69. The molecule has 1 radical (unpaired) electrons. The minimum Gasteiger partial charge on any atom is -0.207 e. The van der Waals surface area contributed by atoms with Crippen LogP contribution in [0.4, 0.5) is 13.2 Å². The highest BCUT2D eigenvalue weighted by molar-refractivity contribution is 6.33. The summed E-state index contributed by atoms with van der Waals surface area (Å²) in [4.78, 5) is -1.43. The van der Waals surface area contributed by atoms with E-state index in [1.54, 1.807) is 60.7 Å². The molecule has 0 aromatic heterocycles. The Morgan fingerprint density at radius 1 is 0.714 bits per heavy atom. The summed E-state index contributed by atoms with van der Waals surface area (Å²) in [5, 5.41) is 0. The number of rotatable bonds is 3. The first-order valence-corrected chi connectivity index (χ1v) is 9.15. The van der Waals surface area contributed by atoms with Gasteiger partial charge >= 0.3 is 0 Å². The fourth-order valence-corrected chi connectivity index (χ4v) is 4.03. The Hall–Kier alpha value is -2.78. The molecule has 3 aromatic rings. The molecule has 0 amide bonds. The summed E-state index contributed by atoms with van der Waals surface area (Å²) in [5.74, 6) is -1.50. The van der Waals surface area contributed by atoms with Crippen molar-refractivity contribution in [2.24, 2.45) is 0 Å². The van der Waals surface area contributed by atoms with E-state index < -0.39 is 22.3 Å². The maximum Gasteiger partial charge on any atom is 0.131 e. The van der Waals surface area contributed by atoms with Crippen LogP contribution in [0.2, 0.25) is 0 Å². The molecule has 0 nitrogen and oxygen atoms in total. The van der Waals surface area contributed by atoms with Gasteiger partial charge in [0.1, 0.15) is 22.3 Å². The lowest BCUT2D eigenvalue weighted by Crippen LogP contribution is -2.25. The van der Waals surface area contributed by atoms with E-state index in [-0.39, 0.29) is 23.1 Å². The molecule has 0 heterocycles. The van der Waals surface area contributed by atoms with Gasteiger partial charge in [-0.3, -0.25) is 0 Å². The van der Waals surface area contributed by atoms with Gasteiger partial charge < -0.3 is 0 Å². The van der Waals surface area contributed by atoms with Crippen molar-refractivity contribution in [3.05, 3.63) is 119 Å². The summed E-state index contributed by atoms with van der Waals surface area (Å²) in [6.07, 6.45) is 4.75. The van der Waals surface area contributed by atoms with Gasteiger partial charge in [-0.1, -0.05) is 60.7 Å². The molecule has 4 rings (SSSR count). The average molecular weight is 396 g/mol. The molecule has 28 heavy (non-hydrogen) atoms. The van der Waals surface area contributed by atoms with Crippen molar-refractivity contribution in [2.75, 3.05) is 0 Å². The van der Waals surface area contributed by atoms with E-state index in [9.17, 15) is 13.2 Å². The van der Waals surface area contributed by atoms with Gasteiger partial charge in [-0.2, -0.15) is 0 Å². The van der Waals surface area contributed by atoms with Crippen molar-refractivity contribution in [1.29, 1.82) is 0 Å². The van der Waals surface area contributed by atoms with Crippen molar-refractivity contribution in [1.82, 2.24) is 0 Å². The van der Waals surface area contributed by atoms with E-state index in [0.717, 1.165) is 0 Å². The van der Waals surface area contributed by atoms with Crippen LogP contribution in [0.15, 0.2) is 78.9 Å². The fraction of sp³-hybridized carbons (Fsp3) is 0.0833. The van der Waals surface area contributed by atoms with Crippen molar-refractivity contribution in [3.8, 4) is 0 Å². The Morgan fingerprint density at radius 3 is 1.86 bits per heavy atom. The molecule has 0 bridgehead atoms. The number of hydrogen-bond donors (Lipinski definition) is 0. The second-order valence-corrected chi connectivity index (χ2v) is 7.20. The molecule has 1 unspecified atom stereocenters. The topological polar surface area (TPSA) is 0 Å². The minimum absolute atomic E-state index is 0.122. The number of benzene rings is 3. The Labute approximate surface area is 166 Å². The highest BCUT2D eigenvalue weighted by Gasteiger charge is 2.41. The zero-order valence-corrected chi connectivity index (χ0v) is 15.5. The van der Waals surface area contributed by atoms with Crippen molar-refractivity contribution < 1.29 is 13.2 Å². The first-order chi connectivity index (χ1) is 13.5. The van der Waals surface area contributed by atoms with Gasteiger partial charge in [0.2, 0.25) is 0 Å². The predicted molar refractivity (Wildman–Crippen MR) is 106 cm³/mol. The minimum atomic E-state index is -1.43. The van der Waals surface area contributed by atoms with Crippen LogP contribution in [0.3, 0.4) is 0 Å². The fourth-order valence-electron chi connectivity index (χ4n) is 3.59. The zero-order chi connectivity index (χ0) is 19.7. The van der Waals surface area contributed by atoms with E-state index in [2.05, 4.69) is 6.08 Å². The second kappa shape index (κ2) is 7.33. The summed E-state index contributed by atoms with van der Waals surface area (Å²) < 4.78 is 44.1. The molecular weight excluding hydrogens is 381 g/mol. The van der Waals surface area contributed by atoms with E-state index >= 15 is 0 Å². The third-order valence-corrected chi connectivity index (χ3v) is 5.39. The van der Waals surface area contributed by atoms with E-state index in [4.69, 9.17) is 11.6 Å². The summed E-state index contributed by atoms with van der Waals surface area (Å²) in [6.45, 7) is 0. The van der Waals surface area contributed by atoms with Gasteiger partial charge in [0.05, 0.1) is 0 Å². The molecule has 0 aliphatic heterocycles. The molecule has 3 aromatic carbocycles. The van der Waals surface area contributed by atoms with Gasteiger partial charge in [-0.05, 0) is 35.4 Å². The third kappa shape index (κ3) is 3.06. The van der Waals surface area contributed by atoms with Gasteiger partial charge in [0.15, 0.2) is 0 Å². The smallest absolute Gasteiger partial charge is 0.131 e. The quantitative estimate of drug-likeness (QED) is 0.422. The summed E-state index contributed by atoms with van der Waals surface area (Å²) >= 11 is 7.01. The van der Waals surface area contributed by atoms with Crippen molar-refractivity contribution in [3.63, 3.8) is 0 Å². The molecule has 139 valence electrons. The molecular formula is C24H15ClF3. The normalized spacial score (nSPS) is 19.1. The van der Waals surface area contributed by atoms with Gasteiger partial charge in [0.25, 0.3) is 0 Å². The van der Waals surface area contributed by atoms with Gasteiger partial charge in [-0.15, -0.1) is 11.6 Å². The molecule has 1 atom stereocenters. The molecule has 0 N–H and O–H groups in total. The van der Waals surface area contributed by atoms with Crippen LogP contribution in [0.1, 0.15) is 23.1 Å². The van der Waals surface area contributed by atoms with Crippen LogP contribution >= 0.6 is 11.6 Å². The third-order valence-electron chi connectivity index (χ3n) is 4.87. The molecule has 0 saturated heterocycles.